The van der Waals surface area contributed by atoms with Crippen LogP contribution in [0, 0.1) is 5.92 Å². The number of amides is 1. The minimum Gasteiger partial charge on any atom is -0.378 e. The molecule has 4 nitrogen and oxygen atoms in total. The molecule has 2 fully saturated rings. The Hall–Kier alpha value is -0.610. The lowest BCUT2D eigenvalue weighted by Crippen LogP contribution is -2.40. The Morgan fingerprint density at radius 3 is 3.00 bits per heavy atom. The number of hydrogen-bond acceptors (Lipinski definition) is 3. The van der Waals surface area contributed by atoms with Gasteiger partial charge in [-0.3, -0.25) is 4.79 Å². The van der Waals surface area contributed by atoms with Crippen molar-refractivity contribution in [1.82, 2.24) is 10.6 Å². The Morgan fingerprint density at radius 2 is 2.28 bits per heavy atom. The lowest BCUT2D eigenvalue weighted by molar-refractivity contribution is -0.122. The molecule has 2 N–H and O–H groups in total. The van der Waals surface area contributed by atoms with Gasteiger partial charge in [0, 0.05) is 31.5 Å². The lowest BCUT2D eigenvalue weighted by atomic mass is 9.99. The first-order valence-corrected chi connectivity index (χ1v) is 7.41. The molecule has 2 heterocycles. The third-order valence-electron chi connectivity index (χ3n) is 4.15. The van der Waals surface area contributed by atoms with Gasteiger partial charge in [0.2, 0.25) is 5.91 Å². The van der Waals surface area contributed by atoms with E-state index in [1.807, 2.05) is 0 Å². The van der Waals surface area contributed by atoms with Crippen LogP contribution in [0.25, 0.3) is 0 Å². The van der Waals surface area contributed by atoms with Crippen LogP contribution in [0.4, 0.5) is 0 Å². The SMILES string of the molecule is CCC1OCCC1CNC(=O)CC1CCCCN1. The smallest absolute Gasteiger partial charge is 0.221 e. The summed E-state index contributed by atoms with van der Waals surface area (Å²) >= 11 is 0. The summed E-state index contributed by atoms with van der Waals surface area (Å²) in [6.45, 7) is 4.84. The third-order valence-corrected chi connectivity index (χ3v) is 4.15. The molecule has 0 bridgehead atoms. The summed E-state index contributed by atoms with van der Waals surface area (Å²) in [6, 6.07) is 0.389. The number of hydrogen-bond donors (Lipinski definition) is 2. The Kier molecular flexibility index (Phi) is 5.45. The van der Waals surface area contributed by atoms with Gasteiger partial charge in [0.1, 0.15) is 0 Å². The summed E-state index contributed by atoms with van der Waals surface area (Å²) < 4.78 is 5.63. The van der Waals surface area contributed by atoms with Crippen LogP contribution in [0.15, 0.2) is 0 Å². The van der Waals surface area contributed by atoms with E-state index in [2.05, 4.69) is 17.6 Å². The zero-order valence-corrected chi connectivity index (χ0v) is 11.4. The molecule has 1 amide bonds. The molecule has 0 spiro atoms. The first kappa shape index (κ1) is 13.8. The van der Waals surface area contributed by atoms with Gasteiger partial charge >= 0.3 is 0 Å². The summed E-state index contributed by atoms with van der Waals surface area (Å²) in [5.41, 5.74) is 0. The van der Waals surface area contributed by atoms with E-state index in [0.717, 1.165) is 39.0 Å². The second-order valence-electron chi connectivity index (χ2n) is 5.52. The van der Waals surface area contributed by atoms with Crippen LogP contribution in [0.3, 0.4) is 0 Å². The monoisotopic (exact) mass is 254 g/mol. The molecule has 2 aliphatic rings. The fourth-order valence-corrected chi connectivity index (χ4v) is 3.02. The molecule has 0 saturated carbocycles. The Bertz CT molecular complexity index is 265. The molecule has 4 heteroatoms. The molecule has 0 aromatic heterocycles. The number of rotatable bonds is 5. The maximum Gasteiger partial charge on any atom is 0.221 e. The molecule has 2 saturated heterocycles. The molecule has 0 aromatic carbocycles. The first-order valence-electron chi connectivity index (χ1n) is 7.41. The van der Waals surface area contributed by atoms with Crippen LogP contribution < -0.4 is 10.6 Å². The quantitative estimate of drug-likeness (QED) is 0.781. The van der Waals surface area contributed by atoms with Gasteiger partial charge in [0.25, 0.3) is 0 Å². The highest BCUT2D eigenvalue weighted by molar-refractivity contribution is 5.76. The van der Waals surface area contributed by atoms with E-state index >= 15 is 0 Å². The minimum absolute atomic E-state index is 0.191. The predicted octanol–water partition coefficient (Wildman–Crippen LogP) is 1.45. The van der Waals surface area contributed by atoms with Crippen molar-refractivity contribution < 1.29 is 9.53 Å². The molecule has 18 heavy (non-hydrogen) atoms. The highest BCUT2D eigenvalue weighted by atomic mass is 16.5. The lowest BCUT2D eigenvalue weighted by Gasteiger charge is -2.23. The van der Waals surface area contributed by atoms with Crippen LogP contribution in [-0.4, -0.2) is 37.7 Å². The fourth-order valence-electron chi connectivity index (χ4n) is 3.02. The van der Waals surface area contributed by atoms with Crippen LogP contribution in [0.2, 0.25) is 0 Å². The highest BCUT2D eigenvalue weighted by Crippen LogP contribution is 2.22. The standard InChI is InChI=1S/C14H26N2O2/c1-2-13-11(6-8-18-13)10-16-14(17)9-12-5-3-4-7-15-12/h11-13,15H,2-10H2,1H3,(H,16,17). The number of piperidine rings is 1. The summed E-state index contributed by atoms with van der Waals surface area (Å²) in [4.78, 5) is 11.9. The Labute approximate surface area is 110 Å². The number of carbonyl (C=O) groups is 1. The van der Waals surface area contributed by atoms with E-state index in [-0.39, 0.29) is 5.91 Å². The van der Waals surface area contributed by atoms with Crippen molar-refractivity contribution in [3.05, 3.63) is 0 Å². The largest absolute Gasteiger partial charge is 0.378 e. The van der Waals surface area contributed by atoms with Crippen molar-refractivity contribution >= 4 is 5.91 Å². The van der Waals surface area contributed by atoms with Crippen LogP contribution in [0.5, 0.6) is 0 Å². The van der Waals surface area contributed by atoms with Crippen LogP contribution >= 0.6 is 0 Å². The molecule has 3 unspecified atom stereocenters. The van der Waals surface area contributed by atoms with E-state index in [9.17, 15) is 4.79 Å². The molecule has 0 aromatic rings. The summed E-state index contributed by atoms with van der Waals surface area (Å²) in [5.74, 6) is 0.703. The van der Waals surface area contributed by atoms with E-state index in [0.29, 0.717) is 24.5 Å². The predicted molar refractivity (Wildman–Crippen MR) is 71.4 cm³/mol. The third kappa shape index (κ3) is 3.95. The van der Waals surface area contributed by atoms with Crippen LogP contribution in [0.1, 0.15) is 45.4 Å². The molecule has 0 radical (unpaired) electrons. The minimum atomic E-state index is 0.191. The second kappa shape index (κ2) is 7.10. The van der Waals surface area contributed by atoms with Gasteiger partial charge in [0.05, 0.1) is 6.10 Å². The second-order valence-corrected chi connectivity index (χ2v) is 5.52. The topological polar surface area (TPSA) is 50.4 Å². The molecule has 104 valence electrons. The van der Waals surface area contributed by atoms with Crippen molar-refractivity contribution in [2.45, 2.75) is 57.6 Å². The number of ether oxygens (including phenoxy) is 1. The number of carbonyl (C=O) groups excluding carboxylic acids is 1. The van der Waals surface area contributed by atoms with E-state index < -0.39 is 0 Å². The normalized spacial score (nSPS) is 32.4. The molecular weight excluding hydrogens is 228 g/mol. The van der Waals surface area contributed by atoms with Crippen molar-refractivity contribution in [3.63, 3.8) is 0 Å². The number of nitrogens with one attached hydrogen (secondary N) is 2. The summed E-state index contributed by atoms with van der Waals surface area (Å²) in [5, 5.41) is 6.49. The zero-order valence-electron chi connectivity index (χ0n) is 11.4. The van der Waals surface area contributed by atoms with Gasteiger partial charge < -0.3 is 15.4 Å². The molecule has 3 atom stereocenters. The Morgan fingerprint density at radius 1 is 1.39 bits per heavy atom. The van der Waals surface area contributed by atoms with Gasteiger partial charge in [-0.2, -0.15) is 0 Å². The summed E-state index contributed by atoms with van der Waals surface area (Å²) in [7, 11) is 0. The average molecular weight is 254 g/mol. The maximum absolute atomic E-state index is 11.9. The van der Waals surface area contributed by atoms with Gasteiger partial charge in [-0.1, -0.05) is 13.3 Å². The van der Waals surface area contributed by atoms with Gasteiger partial charge in [-0.25, -0.2) is 0 Å². The van der Waals surface area contributed by atoms with Crippen molar-refractivity contribution in [3.8, 4) is 0 Å². The zero-order chi connectivity index (χ0) is 12.8. The van der Waals surface area contributed by atoms with Gasteiger partial charge in [0.15, 0.2) is 0 Å². The molecule has 0 aliphatic carbocycles. The van der Waals surface area contributed by atoms with E-state index in [1.54, 1.807) is 0 Å². The summed E-state index contributed by atoms with van der Waals surface area (Å²) in [6.07, 6.45) is 6.74. The van der Waals surface area contributed by atoms with Crippen molar-refractivity contribution in [2.24, 2.45) is 5.92 Å². The van der Waals surface area contributed by atoms with Crippen molar-refractivity contribution in [1.29, 1.82) is 0 Å². The van der Waals surface area contributed by atoms with E-state index in [1.165, 1.54) is 12.8 Å². The average Bonchev–Trinajstić information content (AvgIpc) is 2.85. The fraction of sp³-hybridized carbons (Fsp3) is 0.929. The molecule has 2 rings (SSSR count). The van der Waals surface area contributed by atoms with Crippen LogP contribution in [-0.2, 0) is 9.53 Å². The molecule has 2 aliphatic heterocycles. The van der Waals surface area contributed by atoms with Gasteiger partial charge in [-0.05, 0) is 32.2 Å². The van der Waals surface area contributed by atoms with E-state index in [4.69, 9.17) is 4.74 Å². The Balaban J connectivity index is 1.64. The maximum atomic E-state index is 11.9. The highest BCUT2D eigenvalue weighted by Gasteiger charge is 2.27. The van der Waals surface area contributed by atoms with Gasteiger partial charge in [-0.15, -0.1) is 0 Å². The first-order chi connectivity index (χ1) is 8.79. The molecular formula is C14H26N2O2. The van der Waals surface area contributed by atoms with Crippen molar-refractivity contribution in [2.75, 3.05) is 19.7 Å².